The van der Waals surface area contributed by atoms with E-state index >= 15 is 0 Å². The van der Waals surface area contributed by atoms with Crippen molar-refractivity contribution in [2.75, 3.05) is 39.3 Å². The van der Waals surface area contributed by atoms with Crippen molar-refractivity contribution in [3.8, 4) is 0 Å². The third-order valence-electron chi connectivity index (χ3n) is 3.71. The first-order valence-corrected chi connectivity index (χ1v) is 6.99. The van der Waals surface area contributed by atoms with Crippen molar-refractivity contribution in [3.63, 3.8) is 0 Å². The van der Waals surface area contributed by atoms with E-state index in [1.54, 1.807) is 0 Å². The van der Waals surface area contributed by atoms with E-state index < -0.39 is 5.91 Å². The molecule has 116 valence electrons. The summed E-state index contributed by atoms with van der Waals surface area (Å²) >= 11 is 0. The van der Waals surface area contributed by atoms with Crippen LogP contribution in [0.1, 0.15) is 15.9 Å². The number of carbonyl (C=O) groups excluding carboxylic acids is 1. The fourth-order valence-electron chi connectivity index (χ4n) is 2.47. The van der Waals surface area contributed by atoms with Crippen molar-refractivity contribution >= 4 is 5.91 Å². The van der Waals surface area contributed by atoms with Crippen LogP contribution in [0.2, 0.25) is 0 Å². The van der Waals surface area contributed by atoms with E-state index in [1.807, 2.05) is 5.43 Å². The zero-order valence-electron chi connectivity index (χ0n) is 11.9. The van der Waals surface area contributed by atoms with Gasteiger partial charge in [0, 0.05) is 50.4 Å². The number of rotatable bonds is 5. The summed E-state index contributed by atoms with van der Waals surface area (Å²) < 4.78 is 13.9. The number of nitrogen functional groups attached to an aromatic ring is 1. The van der Waals surface area contributed by atoms with Crippen LogP contribution < -0.4 is 11.3 Å². The number of nitrogens with two attached hydrogens (primary N) is 1. The largest absolute Gasteiger partial charge is 0.395 e. The highest BCUT2D eigenvalue weighted by atomic mass is 19.1. The molecule has 0 spiro atoms. The van der Waals surface area contributed by atoms with E-state index in [0.29, 0.717) is 24.2 Å². The lowest BCUT2D eigenvalue weighted by atomic mass is 10.1. The van der Waals surface area contributed by atoms with Crippen molar-refractivity contribution in [3.05, 3.63) is 35.1 Å². The van der Waals surface area contributed by atoms with Gasteiger partial charge in [0.1, 0.15) is 5.82 Å². The average Bonchev–Trinajstić information content (AvgIpc) is 2.51. The molecule has 6 nitrogen and oxygen atoms in total. The fourth-order valence-corrected chi connectivity index (χ4v) is 2.47. The van der Waals surface area contributed by atoms with Gasteiger partial charge < -0.3 is 5.11 Å². The highest BCUT2D eigenvalue weighted by Gasteiger charge is 2.18. The lowest BCUT2D eigenvalue weighted by Crippen LogP contribution is -2.46. The van der Waals surface area contributed by atoms with Crippen molar-refractivity contribution < 1.29 is 14.3 Å². The number of aliphatic hydroxyl groups is 1. The smallest absolute Gasteiger partial charge is 0.265 e. The van der Waals surface area contributed by atoms with Gasteiger partial charge >= 0.3 is 0 Å². The molecule has 1 aliphatic rings. The maximum atomic E-state index is 13.9. The zero-order valence-corrected chi connectivity index (χ0v) is 11.9. The molecule has 0 saturated carbocycles. The molecule has 0 unspecified atom stereocenters. The molecular weight excluding hydrogens is 275 g/mol. The maximum absolute atomic E-state index is 13.9. The second-order valence-corrected chi connectivity index (χ2v) is 5.12. The van der Waals surface area contributed by atoms with E-state index in [9.17, 15) is 9.18 Å². The topological polar surface area (TPSA) is 81.8 Å². The minimum atomic E-state index is -0.427. The summed E-state index contributed by atoms with van der Waals surface area (Å²) in [5, 5.41) is 8.91. The lowest BCUT2D eigenvalue weighted by Gasteiger charge is -2.34. The predicted octanol–water partition coefficient (Wildman–Crippen LogP) is -0.461. The molecule has 1 amide bonds. The van der Waals surface area contributed by atoms with Crippen LogP contribution in [0.5, 0.6) is 0 Å². The molecule has 1 heterocycles. The number of nitrogens with zero attached hydrogens (tertiary/aromatic N) is 2. The summed E-state index contributed by atoms with van der Waals surface area (Å²) in [5.74, 6) is 4.35. The molecule has 0 bridgehead atoms. The van der Waals surface area contributed by atoms with Crippen molar-refractivity contribution in [1.29, 1.82) is 0 Å². The maximum Gasteiger partial charge on any atom is 0.265 e. The highest BCUT2D eigenvalue weighted by Crippen LogP contribution is 2.14. The van der Waals surface area contributed by atoms with Gasteiger partial charge in [-0.2, -0.15) is 0 Å². The zero-order chi connectivity index (χ0) is 15.2. The molecule has 0 atom stereocenters. The van der Waals surface area contributed by atoms with Gasteiger partial charge in [-0.05, 0) is 18.2 Å². The standard InChI is InChI=1S/C14H21FN4O2/c15-13-2-1-11(14(21)17-16)9-12(13)10-19-5-3-18(4-6-19)7-8-20/h1-2,9,20H,3-8,10,16H2,(H,17,21). The molecule has 0 radical (unpaired) electrons. The molecule has 4 N–H and O–H groups in total. The van der Waals surface area contributed by atoms with Gasteiger partial charge in [-0.15, -0.1) is 0 Å². The quantitative estimate of drug-likeness (QED) is 0.389. The minimum absolute atomic E-state index is 0.158. The lowest BCUT2D eigenvalue weighted by molar-refractivity contribution is 0.0953. The van der Waals surface area contributed by atoms with E-state index in [1.165, 1.54) is 18.2 Å². The molecular formula is C14H21FN4O2. The molecule has 21 heavy (non-hydrogen) atoms. The Morgan fingerprint density at radius 3 is 2.57 bits per heavy atom. The molecule has 1 aromatic carbocycles. The number of hydrogen-bond acceptors (Lipinski definition) is 5. The summed E-state index contributed by atoms with van der Waals surface area (Å²) in [7, 11) is 0. The first-order valence-electron chi connectivity index (χ1n) is 6.99. The summed E-state index contributed by atoms with van der Waals surface area (Å²) in [5.41, 5.74) is 2.89. The van der Waals surface area contributed by atoms with Gasteiger partial charge in [0.15, 0.2) is 0 Å². The third-order valence-corrected chi connectivity index (χ3v) is 3.71. The Balaban J connectivity index is 1.98. The Morgan fingerprint density at radius 2 is 1.95 bits per heavy atom. The first kappa shape index (κ1) is 15.8. The number of piperazine rings is 1. The van der Waals surface area contributed by atoms with Gasteiger partial charge in [-0.3, -0.25) is 20.0 Å². The van der Waals surface area contributed by atoms with Crippen LogP contribution in [0.25, 0.3) is 0 Å². The van der Waals surface area contributed by atoms with Crippen LogP contribution >= 0.6 is 0 Å². The van der Waals surface area contributed by atoms with Crippen molar-refractivity contribution in [2.24, 2.45) is 5.84 Å². The average molecular weight is 296 g/mol. The first-order chi connectivity index (χ1) is 10.1. The molecule has 1 saturated heterocycles. The van der Waals surface area contributed by atoms with Gasteiger partial charge in [0.05, 0.1) is 6.61 Å². The van der Waals surface area contributed by atoms with E-state index in [-0.39, 0.29) is 12.4 Å². The van der Waals surface area contributed by atoms with E-state index in [0.717, 1.165) is 26.2 Å². The predicted molar refractivity (Wildman–Crippen MR) is 76.9 cm³/mol. The van der Waals surface area contributed by atoms with Crippen LogP contribution in [0.3, 0.4) is 0 Å². The van der Waals surface area contributed by atoms with Gasteiger partial charge in [0.2, 0.25) is 0 Å². The molecule has 0 aliphatic carbocycles. The number of carbonyl (C=O) groups is 1. The molecule has 7 heteroatoms. The third kappa shape index (κ3) is 4.21. The van der Waals surface area contributed by atoms with Gasteiger partial charge in [-0.1, -0.05) is 0 Å². The molecule has 1 aliphatic heterocycles. The monoisotopic (exact) mass is 296 g/mol. The van der Waals surface area contributed by atoms with Gasteiger partial charge in [-0.25, -0.2) is 10.2 Å². The van der Waals surface area contributed by atoms with Crippen molar-refractivity contribution in [1.82, 2.24) is 15.2 Å². The number of halogens is 1. The SMILES string of the molecule is NNC(=O)c1ccc(F)c(CN2CCN(CCO)CC2)c1. The fraction of sp³-hybridized carbons (Fsp3) is 0.500. The van der Waals surface area contributed by atoms with Crippen LogP contribution in [0, 0.1) is 5.82 Å². The number of aliphatic hydroxyl groups excluding tert-OH is 1. The van der Waals surface area contributed by atoms with E-state index in [4.69, 9.17) is 10.9 Å². The Kier molecular flexibility index (Phi) is 5.63. The summed E-state index contributed by atoms with van der Waals surface area (Å²) in [4.78, 5) is 15.8. The second-order valence-electron chi connectivity index (χ2n) is 5.12. The number of hydrazine groups is 1. The van der Waals surface area contributed by atoms with Crippen LogP contribution in [0.4, 0.5) is 4.39 Å². The van der Waals surface area contributed by atoms with Crippen LogP contribution in [-0.4, -0.2) is 60.1 Å². The van der Waals surface area contributed by atoms with Gasteiger partial charge in [0.25, 0.3) is 5.91 Å². The number of amides is 1. The minimum Gasteiger partial charge on any atom is -0.395 e. The number of nitrogens with one attached hydrogen (secondary N) is 1. The molecule has 1 fully saturated rings. The Morgan fingerprint density at radius 1 is 1.29 bits per heavy atom. The Bertz CT molecular complexity index is 490. The van der Waals surface area contributed by atoms with E-state index in [2.05, 4.69) is 9.80 Å². The van der Waals surface area contributed by atoms with Crippen LogP contribution in [0.15, 0.2) is 18.2 Å². The Labute approximate surface area is 123 Å². The number of β-amino-alcohol motifs (C(OH)–C–C–N with tert-alkyl or cyclic N) is 1. The summed E-state index contributed by atoms with van der Waals surface area (Å²) in [6.45, 7) is 4.62. The molecule has 0 aromatic heterocycles. The van der Waals surface area contributed by atoms with Crippen molar-refractivity contribution in [2.45, 2.75) is 6.54 Å². The number of hydrogen-bond donors (Lipinski definition) is 3. The normalized spacial score (nSPS) is 16.9. The summed E-state index contributed by atoms with van der Waals surface area (Å²) in [6, 6.07) is 4.25. The number of benzene rings is 1. The molecule has 2 rings (SSSR count). The Hall–Kier alpha value is -1.54. The van der Waals surface area contributed by atoms with Crippen LogP contribution in [-0.2, 0) is 6.54 Å². The second kappa shape index (κ2) is 7.46. The molecule has 1 aromatic rings. The summed E-state index contributed by atoms with van der Waals surface area (Å²) in [6.07, 6.45) is 0. The highest BCUT2D eigenvalue weighted by molar-refractivity contribution is 5.93.